The lowest BCUT2D eigenvalue weighted by molar-refractivity contribution is -0.138. The van der Waals surface area contributed by atoms with E-state index in [9.17, 15) is 23.1 Å². The number of hydrogen-bond acceptors (Lipinski definition) is 8. The molecule has 0 spiro atoms. The highest BCUT2D eigenvalue weighted by molar-refractivity contribution is 5.97. The molecule has 1 aromatic heterocycles. The van der Waals surface area contributed by atoms with Gasteiger partial charge in [0, 0.05) is 18.4 Å². The molecule has 1 aromatic carbocycles. The summed E-state index contributed by atoms with van der Waals surface area (Å²) in [5.74, 6) is -0.794. The van der Waals surface area contributed by atoms with Crippen molar-refractivity contribution in [3.8, 4) is 5.75 Å². The van der Waals surface area contributed by atoms with E-state index < -0.39 is 24.2 Å². The first-order valence-electron chi connectivity index (χ1n) is 8.59. The second-order valence-electron chi connectivity index (χ2n) is 6.41. The molecule has 1 unspecified atom stereocenters. The fourth-order valence-corrected chi connectivity index (χ4v) is 2.49. The zero-order valence-electron chi connectivity index (χ0n) is 15.2. The monoisotopic (exact) mass is 412 g/mol. The van der Waals surface area contributed by atoms with Crippen molar-refractivity contribution in [2.75, 3.05) is 29.1 Å². The van der Waals surface area contributed by atoms with Crippen LogP contribution in [0.1, 0.15) is 17.3 Å². The van der Waals surface area contributed by atoms with Crippen molar-refractivity contribution in [2.45, 2.75) is 25.2 Å². The number of aromatic nitrogens is 2. The summed E-state index contributed by atoms with van der Waals surface area (Å²) in [5, 5.41) is 17.7. The van der Waals surface area contributed by atoms with E-state index in [0.717, 1.165) is 13.1 Å². The van der Waals surface area contributed by atoms with Crippen molar-refractivity contribution in [2.24, 2.45) is 5.73 Å². The number of aliphatic hydroxyl groups excluding tert-OH is 1. The van der Waals surface area contributed by atoms with E-state index in [-0.39, 0.29) is 23.9 Å². The van der Waals surface area contributed by atoms with Gasteiger partial charge in [-0.25, -0.2) is 4.98 Å². The molecule has 0 saturated carbocycles. The summed E-state index contributed by atoms with van der Waals surface area (Å²) in [4.78, 5) is 19.4. The maximum Gasteiger partial charge on any atom is 0.408 e. The highest BCUT2D eigenvalue weighted by Crippen LogP contribution is 2.31. The van der Waals surface area contributed by atoms with E-state index >= 15 is 0 Å². The lowest BCUT2D eigenvalue weighted by atomic mass is 10.2. The second-order valence-corrected chi connectivity index (χ2v) is 6.41. The smallest absolute Gasteiger partial charge is 0.408 e. The number of benzene rings is 1. The number of primary amides is 1. The molecule has 12 heteroatoms. The molecule has 156 valence electrons. The molecule has 1 aliphatic rings. The molecule has 0 radical (unpaired) electrons. The minimum absolute atomic E-state index is 0.0404. The molecular weight excluding hydrogens is 393 g/mol. The van der Waals surface area contributed by atoms with Crippen LogP contribution in [-0.2, 0) is 0 Å². The van der Waals surface area contributed by atoms with E-state index in [1.165, 1.54) is 0 Å². The van der Waals surface area contributed by atoms with Gasteiger partial charge in [0.15, 0.2) is 0 Å². The number of amides is 1. The lowest BCUT2D eigenvalue weighted by Crippen LogP contribution is -2.34. The van der Waals surface area contributed by atoms with Crippen LogP contribution in [0, 0.1) is 0 Å². The third-order valence-electron chi connectivity index (χ3n) is 4.09. The first-order valence-corrected chi connectivity index (χ1v) is 8.59. The Labute approximate surface area is 163 Å². The van der Waals surface area contributed by atoms with Crippen LogP contribution < -0.4 is 26.4 Å². The average Bonchev–Trinajstić information content (AvgIpc) is 2.82. The quantitative estimate of drug-likeness (QED) is 0.502. The number of anilines is 4. The van der Waals surface area contributed by atoms with Crippen LogP contribution in [0.2, 0.25) is 0 Å². The largest absolute Gasteiger partial charge is 0.489 e. The van der Waals surface area contributed by atoms with Gasteiger partial charge in [0.2, 0.25) is 5.95 Å². The Morgan fingerprint density at radius 1 is 1.45 bits per heavy atom. The van der Waals surface area contributed by atoms with Gasteiger partial charge in [0.05, 0.1) is 11.3 Å². The van der Waals surface area contributed by atoms with Crippen LogP contribution in [0.4, 0.5) is 36.3 Å². The number of nitrogens with two attached hydrogens (primary N) is 1. The first-order chi connectivity index (χ1) is 13.6. The van der Waals surface area contributed by atoms with Crippen LogP contribution in [0.3, 0.4) is 0 Å². The topological polar surface area (TPSA) is 134 Å². The Balaban J connectivity index is 1.84. The summed E-state index contributed by atoms with van der Waals surface area (Å²) < 4.78 is 44.0. The van der Waals surface area contributed by atoms with Crippen molar-refractivity contribution in [1.29, 1.82) is 0 Å². The number of aliphatic hydroxyl groups is 1. The molecular formula is C17H19F3N6O3. The fraction of sp³-hybridized carbons (Fsp3) is 0.353. The summed E-state index contributed by atoms with van der Waals surface area (Å²) in [6.07, 6.45) is -4.15. The number of carbonyl (C=O) groups excluding carboxylic acids is 1. The summed E-state index contributed by atoms with van der Waals surface area (Å²) in [7, 11) is 0. The molecule has 9 nitrogen and oxygen atoms in total. The van der Waals surface area contributed by atoms with E-state index in [1.807, 2.05) is 0 Å². The standard InChI is InChI=1S/C17H19F3N6O3/c1-8(17(18,19)20)24-15-11(14(21)28)6-23-16(26-15)25-9-2-3-13-12(4-9)22-5-10(27)7-29-13/h2-4,6,8,10,22,27H,5,7H2,1H3,(H2,21,28)(H2,23,24,25,26)/t8?,10-/m0/s1. The molecule has 1 amide bonds. The maximum absolute atomic E-state index is 12.9. The molecule has 6 N–H and O–H groups in total. The zero-order valence-corrected chi connectivity index (χ0v) is 15.2. The minimum Gasteiger partial charge on any atom is -0.489 e. The van der Waals surface area contributed by atoms with Gasteiger partial charge in [0.1, 0.15) is 30.3 Å². The number of nitrogens with one attached hydrogen (secondary N) is 3. The van der Waals surface area contributed by atoms with Gasteiger partial charge in [-0.05, 0) is 25.1 Å². The normalized spacial score (nSPS) is 17.2. The predicted octanol–water partition coefficient (Wildman–Crippen LogP) is 1.85. The molecule has 29 heavy (non-hydrogen) atoms. The molecule has 1 aliphatic heterocycles. The van der Waals surface area contributed by atoms with Crippen molar-refractivity contribution in [3.63, 3.8) is 0 Å². The van der Waals surface area contributed by atoms with Gasteiger partial charge in [0.25, 0.3) is 5.91 Å². The number of β-amino-alcohol motifs (C(OH)–C–C–N with tert-alkyl or cyclic N) is 1. The molecule has 3 rings (SSSR count). The van der Waals surface area contributed by atoms with Crippen LogP contribution in [0.25, 0.3) is 0 Å². The highest BCUT2D eigenvalue weighted by Gasteiger charge is 2.36. The van der Waals surface area contributed by atoms with Crippen LogP contribution in [-0.4, -0.2) is 52.5 Å². The summed E-state index contributed by atoms with van der Waals surface area (Å²) in [5.41, 5.74) is 6.06. The Morgan fingerprint density at radius 2 is 2.21 bits per heavy atom. The number of rotatable bonds is 5. The molecule has 2 aromatic rings. The van der Waals surface area contributed by atoms with E-state index in [2.05, 4.69) is 25.9 Å². The third-order valence-corrected chi connectivity index (χ3v) is 4.09. The Morgan fingerprint density at radius 3 is 2.90 bits per heavy atom. The van der Waals surface area contributed by atoms with Crippen molar-refractivity contribution in [1.82, 2.24) is 9.97 Å². The molecule has 0 saturated heterocycles. The van der Waals surface area contributed by atoms with Crippen molar-refractivity contribution < 1.29 is 27.8 Å². The molecule has 2 atom stereocenters. The highest BCUT2D eigenvalue weighted by atomic mass is 19.4. The van der Waals surface area contributed by atoms with Gasteiger partial charge in [-0.3, -0.25) is 4.79 Å². The van der Waals surface area contributed by atoms with E-state index in [0.29, 0.717) is 23.7 Å². The molecule has 0 bridgehead atoms. The molecule has 0 fully saturated rings. The van der Waals surface area contributed by atoms with Crippen molar-refractivity contribution in [3.05, 3.63) is 30.0 Å². The number of nitrogens with zero attached hydrogens (tertiary/aromatic N) is 2. The molecule has 2 heterocycles. The SMILES string of the molecule is CC(Nc1nc(Nc2ccc3c(c2)NC[C@H](O)CO3)ncc1C(N)=O)C(F)(F)F. The minimum atomic E-state index is -4.54. The van der Waals surface area contributed by atoms with Crippen LogP contribution in [0.5, 0.6) is 5.75 Å². The third kappa shape index (κ3) is 4.96. The zero-order chi connectivity index (χ0) is 21.2. The summed E-state index contributed by atoms with van der Waals surface area (Å²) >= 11 is 0. The van der Waals surface area contributed by atoms with Crippen LogP contribution in [0.15, 0.2) is 24.4 Å². The van der Waals surface area contributed by atoms with Crippen LogP contribution >= 0.6 is 0 Å². The summed E-state index contributed by atoms with van der Waals surface area (Å²) in [6, 6.07) is 3.02. The number of alkyl halides is 3. The fourth-order valence-electron chi connectivity index (χ4n) is 2.49. The number of ether oxygens (including phenoxy) is 1. The number of halogens is 3. The Bertz CT molecular complexity index is 908. The number of hydrogen-bond donors (Lipinski definition) is 5. The van der Waals surface area contributed by atoms with E-state index in [1.54, 1.807) is 18.2 Å². The maximum atomic E-state index is 12.9. The average molecular weight is 412 g/mol. The summed E-state index contributed by atoms with van der Waals surface area (Å²) in [6.45, 7) is 1.34. The second kappa shape index (κ2) is 7.99. The van der Waals surface area contributed by atoms with Gasteiger partial charge in [-0.2, -0.15) is 18.2 Å². The van der Waals surface area contributed by atoms with Gasteiger partial charge >= 0.3 is 6.18 Å². The Kier molecular flexibility index (Phi) is 5.64. The van der Waals surface area contributed by atoms with Gasteiger partial charge in [-0.1, -0.05) is 0 Å². The van der Waals surface area contributed by atoms with Gasteiger partial charge < -0.3 is 31.5 Å². The van der Waals surface area contributed by atoms with Crippen molar-refractivity contribution >= 4 is 29.0 Å². The number of carbonyl (C=O) groups is 1. The molecule has 0 aliphatic carbocycles. The predicted molar refractivity (Wildman–Crippen MR) is 99.4 cm³/mol. The van der Waals surface area contributed by atoms with Gasteiger partial charge in [-0.15, -0.1) is 0 Å². The lowest BCUT2D eigenvalue weighted by Gasteiger charge is -2.19. The number of fused-ring (bicyclic) bond motifs is 1. The Hall–Kier alpha value is -3.28. The van der Waals surface area contributed by atoms with E-state index in [4.69, 9.17) is 10.5 Å². The first kappa shape index (κ1) is 20.5.